The highest BCUT2D eigenvalue weighted by atomic mass is 35.5. The van der Waals surface area contributed by atoms with Crippen molar-refractivity contribution in [2.75, 3.05) is 0 Å². The Kier molecular flexibility index (Phi) is 5.02. The summed E-state index contributed by atoms with van der Waals surface area (Å²) >= 11 is 6.16. The molecule has 0 N–H and O–H groups in total. The largest absolute Gasteiger partial charge is 0.487 e. The lowest BCUT2D eigenvalue weighted by molar-refractivity contribution is 0.304. The van der Waals surface area contributed by atoms with E-state index in [4.69, 9.17) is 21.1 Å². The summed E-state index contributed by atoms with van der Waals surface area (Å²) in [6.07, 6.45) is 1.65. The van der Waals surface area contributed by atoms with E-state index >= 15 is 0 Å². The van der Waals surface area contributed by atoms with E-state index in [-0.39, 0.29) is 0 Å². The van der Waals surface area contributed by atoms with Gasteiger partial charge in [-0.15, -0.1) is 0 Å². The third-order valence-corrected chi connectivity index (χ3v) is 3.90. The van der Waals surface area contributed by atoms with E-state index in [2.05, 4.69) is 36.2 Å². The Morgan fingerprint density at radius 1 is 0.958 bits per heavy atom. The van der Waals surface area contributed by atoms with E-state index in [0.717, 1.165) is 11.1 Å². The maximum Gasteiger partial charge on any atom is 0.219 e. The van der Waals surface area contributed by atoms with Crippen LogP contribution in [0.25, 0.3) is 0 Å². The first-order chi connectivity index (χ1) is 11.6. The first-order valence-electron chi connectivity index (χ1n) is 7.69. The van der Waals surface area contributed by atoms with Gasteiger partial charge in [0.25, 0.3) is 0 Å². The third kappa shape index (κ3) is 4.06. The van der Waals surface area contributed by atoms with Crippen LogP contribution < -0.4 is 9.47 Å². The number of halogens is 1. The number of aryl methyl sites for hydroxylation is 2. The van der Waals surface area contributed by atoms with Gasteiger partial charge < -0.3 is 9.47 Å². The molecule has 24 heavy (non-hydrogen) atoms. The Bertz CT molecular complexity index is 794. The number of aromatic nitrogens is 1. The average Bonchev–Trinajstić information content (AvgIpc) is 2.59. The van der Waals surface area contributed by atoms with E-state index in [1.54, 1.807) is 18.3 Å². The van der Waals surface area contributed by atoms with Crippen LogP contribution in [0.4, 0.5) is 0 Å². The summed E-state index contributed by atoms with van der Waals surface area (Å²) in [5.41, 5.74) is 3.31. The second kappa shape index (κ2) is 7.37. The number of nitrogens with zero attached hydrogens (tertiary/aromatic N) is 1. The Morgan fingerprint density at radius 2 is 1.75 bits per heavy atom. The van der Waals surface area contributed by atoms with Crippen molar-refractivity contribution in [3.8, 4) is 17.4 Å². The molecule has 1 aromatic heterocycles. The van der Waals surface area contributed by atoms with Crippen LogP contribution in [0.2, 0.25) is 5.02 Å². The van der Waals surface area contributed by atoms with Crippen LogP contribution in [0.15, 0.2) is 60.8 Å². The van der Waals surface area contributed by atoms with Gasteiger partial charge >= 0.3 is 0 Å². The predicted molar refractivity (Wildman–Crippen MR) is 96.0 cm³/mol. The number of ether oxygens (including phenoxy) is 2. The van der Waals surface area contributed by atoms with Crippen LogP contribution in [-0.4, -0.2) is 4.98 Å². The summed E-state index contributed by atoms with van der Waals surface area (Å²) < 4.78 is 11.5. The highest BCUT2D eigenvalue weighted by molar-refractivity contribution is 6.32. The number of benzene rings is 2. The molecule has 0 saturated carbocycles. The number of rotatable bonds is 5. The first-order valence-corrected chi connectivity index (χ1v) is 8.07. The molecule has 2 aromatic carbocycles. The molecule has 0 atom stereocenters. The van der Waals surface area contributed by atoms with Crippen LogP contribution in [0.1, 0.15) is 16.7 Å². The normalized spacial score (nSPS) is 10.5. The van der Waals surface area contributed by atoms with Gasteiger partial charge in [-0.25, -0.2) is 4.98 Å². The van der Waals surface area contributed by atoms with Crippen molar-refractivity contribution >= 4 is 11.6 Å². The zero-order chi connectivity index (χ0) is 16.9. The summed E-state index contributed by atoms with van der Waals surface area (Å²) in [5.74, 6) is 1.80. The quantitative estimate of drug-likeness (QED) is 0.595. The van der Waals surface area contributed by atoms with Gasteiger partial charge in [-0.1, -0.05) is 53.6 Å². The number of hydrogen-bond acceptors (Lipinski definition) is 3. The molecule has 1 heterocycles. The fourth-order valence-electron chi connectivity index (χ4n) is 2.21. The summed E-state index contributed by atoms with van der Waals surface area (Å²) in [5, 5.41) is 0.566. The Labute approximate surface area is 146 Å². The van der Waals surface area contributed by atoms with Crippen molar-refractivity contribution < 1.29 is 9.47 Å². The molecular formula is C20H18ClNO2. The molecule has 4 heteroatoms. The van der Waals surface area contributed by atoms with Gasteiger partial charge in [0.15, 0.2) is 5.75 Å². The fraction of sp³-hybridized carbons (Fsp3) is 0.150. The van der Waals surface area contributed by atoms with Crippen molar-refractivity contribution in [1.29, 1.82) is 0 Å². The monoisotopic (exact) mass is 339 g/mol. The van der Waals surface area contributed by atoms with Gasteiger partial charge in [0.05, 0.1) is 11.2 Å². The van der Waals surface area contributed by atoms with Gasteiger partial charge in [-0.2, -0.15) is 0 Å². The molecule has 0 spiro atoms. The SMILES string of the molecule is Cc1ccc(COc2ccc(Oc3c(C)cccc3Cl)nc2)cc1. The predicted octanol–water partition coefficient (Wildman–Crippen LogP) is 5.72. The van der Waals surface area contributed by atoms with Crippen LogP contribution in [-0.2, 0) is 6.61 Å². The third-order valence-electron chi connectivity index (χ3n) is 3.61. The van der Waals surface area contributed by atoms with Crippen LogP contribution in [0.3, 0.4) is 0 Å². The molecule has 3 aromatic rings. The fourth-order valence-corrected chi connectivity index (χ4v) is 2.47. The molecule has 3 nitrogen and oxygen atoms in total. The standard InChI is InChI=1S/C20H18ClNO2/c1-14-6-8-16(9-7-14)13-23-17-10-11-19(22-12-17)24-20-15(2)4-3-5-18(20)21/h3-12H,13H2,1-2H3. The molecule has 0 bridgehead atoms. The minimum Gasteiger partial charge on any atom is -0.487 e. The molecular weight excluding hydrogens is 322 g/mol. The molecule has 0 unspecified atom stereocenters. The zero-order valence-electron chi connectivity index (χ0n) is 13.6. The molecule has 0 aliphatic rings. The smallest absolute Gasteiger partial charge is 0.219 e. The lowest BCUT2D eigenvalue weighted by Crippen LogP contribution is -1.96. The number of pyridine rings is 1. The number of para-hydroxylation sites is 1. The Morgan fingerprint density at radius 3 is 2.42 bits per heavy atom. The van der Waals surface area contributed by atoms with Crippen LogP contribution in [0, 0.1) is 13.8 Å². The lowest BCUT2D eigenvalue weighted by atomic mass is 10.2. The van der Waals surface area contributed by atoms with Gasteiger partial charge in [0, 0.05) is 6.07 Å². The van der Waals surface area contributed by atoms with Crippen molar-refractivity contribution in [2.45, 2.75) is 20.5 Å². The minimum atomic E-state index is 0.480. The second-order valence-corrected chi connectivity index (χ2v) is 6.00. The molecule has 0 amide bonds. The van der Waals surface area contributed by atoms with Crippen LogP contribution in [0.5, 0.6) is 17.4 Å². The molecule has 122 valence electrons. The molecule has 0 radical (unpaired) electrons. The van der Waals surface area contributed by atoms with E-state index in [0.29, 0.717) is 29.0 Å². The number of hydrogen-bond donors (Lipinski definition) is 0. The molecule has 0 aliphatic carbocycles. The van der Waals surface area contributed by atoms with Gasteiger partial charge in [-0.3, -0.25) is 0 Å². The first kappa shape index (κ1) is 16.3. The highest BCUT2D eigenvalue weighted by Crippen LogP contribution is 2.32. The maximum atomic E-state index is 6.16. The Balaban J connectivity index is 1.64. The van der Waals surface area contributed by atoms with Gasteiger partial charge in [0.2, 0.25) is 5.88 Å². The second-order valence-electron chi connectivity index (χ2n) is 5.59. The zero-order valence-corrected chi connectivity index (χ0v) is 14.4. The summed E-state index contributed by atoms with van der Waals surface area (Å²) in [6.45, 7) is 4.51. The van der Waals surface area contributed by atoms with E-state index in [1.807, 2.05) is 25.1 Å². The minimum absolute atomic E-state index is 0.480. The van der Waals surface area contributed by atoms with Crippen molar-refractivity contribution in [1.82, 2.24) is 4.98 Å². The summed E-state index contributed by atoms with van der Waals surface area (Å²) in [6, 6.07) is 17.5. The van der Waals surface area contributed by atoms with Crippen molar-refractivity contribution in [2.24, 2.45) is 0 Å². The van der Waals surface area contributed by atoms with Gasteiger partial charge in [0.1, 0.15) is 12.4 Å². The molecule has 3 rings (SSSR count). The highest BCUT2D eigenvalue weighted by Gasteiger charge is 2.07. The van der Waals surface area contributed by atoms with Crippen molar-refractivity contribution in [3.05, 3.63) is 82.5 Å². The molecule has 0 aliphatic heterocycles. The summed E-state index contributed by atoms with van der Waals surface area (Å²) in [7, 11) is 0. The van der Waals surface area contributed by atoms with E-state index in [9.17, 15) is 0 Å². The molecule has 0 fully saturated rings. The Hall–Kier alpha value is -2.52. The average molecular weight is 340 g/mol. The topological polar surface area (TPSA) is 31.4 Å². The summed E-state index contributed by atoms with van der Waals surface area (Å²) in [4.78, 5) is 4.28. The lowest BCUT2D eigenvalue weighted by Gasteiger charge is -2.10. The maximum absolute atomic E-state index is 6.16. The van der Waals surface area contributed by atoms with E-state index in [1.165, 1.54) is 5.56 Å². The van der Waals surface area contributed by atoms with Crippen molar-refractivity contribution in [3.63, 3.8) is 0 Å². The van der Waals surface area contributed by atoms with E-state index < -0.39 is 0 Å². The van der Waals surface area contributed by atoms with Gasteiger partial charge in [-0.05, 0) is 37.1 Å². The van der Waals surface area contributed by atoms with Crippen LogP contribution >= 0.6 is 11.6 Å². The molecule has 0 saturated heterocycles.